The summed E-state index contributed by atoms with van der Waals surface area (Å²) in [6.07, 6.45) is 0. The van der Waals surface area contributed by atoms with Crippen LogP contribution in [0.3, 0.4) is 0 Å². The highest BCUT2D eigenvalue weighted by Crippen LogP contribution is 2.26. The van der Waals surface area contributed by atoms with E-state index in [2.05, 4.69) is 60.8 Å². The average Bonchev–Trinajstić information content (AvgIpc) is 2.39. The highest BCUT2D eigenvalue weighted by atomic mass is 32.2. The van der Waals surface area contributed by atoms with Crippen LogP contribution >= 0.6 is 11.8 Å². The third kappa shape index (κ3) is 3.62. The number of benzene rings is 2. The number of aryl methyl sites for hydroxylation is 1. The van der Waals surface area contributed by atoms with Gasteiger partial charge in [0.2, 0.25) is 0 Å². The zero-order valence-corrected chi connectivity index (χ0v) is 11.8. The van der Waals surface area contributed by atoms with Crippen molar-refractivity contribution < 1.29 is 0 Å². The molecule has 18 heavy (non-hydrogen) atoms. The van der Waals surface area contributed by atoms with Crippen LogP contribution in [0.25, 0.3) is 0 Å². The number of hydrogen-bond donors (Lipinski definition) is 1. The molecule has 0 heterocycles. The Bertz CT molecular complexity index is 494. The summed E-state index contributed by atoms with van der Waals surface area (Å²) in [6, 6.07) is 17.3. The molecule has 0 saturated heterocycles. The van der Waals surface area contributed by atoms with Gasteiger partial charge in [0, 0.05) is 17.2 Å². The molecular weight excluding hydrogens is 238 g/mol. The first-order valence-electron chi connectivity index (χ1n) is 6.20. The molecule has 0 amide bonds. The first-order chi connectivity index (χ1) is 8.79. The molecule has 0 atom stereocenters. The van der Waals surface area contributed by atoms with Crippen molar-refractivity contribution in [1.82, 2.24) is 5.32 Å². The second-order valence-electron chi connectivity index (χ2n) is 4.40. The molecule has 1 nitrogen and oxygen atoms in total. The van der Waals surface area contributed by atoms with Crippen LogP contribution in [0, 0.1) is 6.92 Å². The summed E-state index contributed by atoms with van der Waals surface area (Å²) in [6.45, 7) is 3.12. The van der Waals surface area contributed by atoms with E-state index in [0.717, 1.165) is 12.3 Å². The molecule has 0 aromatic heterocycles. The van der Waals surface area contributed by atoms with Gasteiger partial charge in [-0.05, 0) is 36.7 Å². The van der Waals surface area contributed by atoms with Crippen molar-refractivity contribution in [1.29, 1.82) is 0 Å². The van der Waals surface area contributed by atoms with Gasteiger partial charge in [-0.2, -0.15) is 0 Å². The van der Waals surface area contributed by atoms with E-state index in [1.165, 1.54) is 21.6 Å². The van der Waals surface area contributed by atoms with Gasteiger partial charge >= 0.3 is 0 Å². The van der Waals surface area contributed by atoms with Crippen LogP contribution in [0.4, 0.5) is 0 Å². The standard InChI is InChI=1S/C16H19NS/c1-13-10-15(11-17-2)8-9-16(13)18-12-14-6-4-3-5-7-14/h3-10,17H,11-12H2,1-2H3. The van der Waals surface area contributed by atoms with E-state index in [0.29, 0.717) is 0 Å². The Balaban J connectivity index is 2.01. The van der Waals surface area contributed by atoms with E-state index in [1.54, 1.807) is 0 Å². The van der Waals surface area contributed by atoms with Gasteiger partial charge in [-0.1, -0.05) is 42.5 Å². The van der Waals surface area contributed by atoms with E-state index in [4.69, 9.17) is 0 Å². The fourth-order valence-electron chi connectivity index (χ4n) is 1.92. The molecule has 2 aromatic carbocycles. The fraction of sp³-hybridized carbons (Fsp3) is 0.250. The van der Waals surface area contributed by atoms with Crippen LogP contribution in [-0.2, 0) is 12.3 Å². The lowest BCUT2D eigenvalue weighted by molar-refractivity contribution is 0.815. The van der Waals surface area contributed by atoms with E-state index >= 15 is 0 Å². The Morgan fingerprint density at radius 3 is 2.44 bits per heavy atom. The van der Waals surface area contributed by atoms with Gasteiger partial charge in [-0.3, -0.25) is 0 Å². The molecule has 0 fully saturated rings. The van der Waals surface area contributed by atoms with Crippen LogP contribution in [0.15, 0.2) is 53.4 Å². The van der Waals surface area contributed by atoms with Gasteiger partial charge in [0.25, 0.3) is 0 Å². The van der Waals surface area contributed by atoms with Gasteiger partial charge in [-0.15, -0.1) is 11.8 Å². The lowest BCUT2D eigenvalue weighted by Crippen LogP contribution is -2.05. The molecule has 2 rings (SSSR count). The summed E-state index contributed by atoms with van der Waals surface area (Å²) >= 11 is 1.91. The first-order valence-corrected chi connectivity index (χ1v) is 7.19. The van der Waals surface area contributed by atoms with Crippen molar-refractivity contribution in [2.75, 3.05) is 7.05 Å². The SMILES string of the molecule is CNCc1ccc(SCc2ccccc2)c(C)c1. The predicted octanol–water partition coefficient (Wildman–Crippen LogP) is 4.01. The molecule has 0 aliphatic heterocycles. The summed E-state index contributed by atoms with van der Waals surface area (Å²) in [5.74, 6) is 1.03. The number of hydrogen-bond acceptors (Lipinski definition) is 2. The molecular formula is C16H19NS. The quantitative estimate of drug-likeness (QED) is 0.812. The lowest BCUT2D eigenvalue weighted by Gasteiger charge is -2.08. The molecule has 2 heteroatoms. The van der Waals surface area contributed by atoms with E-state index in [-0.39, 0.29) is 0 Å². The summed E-state index contributed by atoms with van der Waals surface area (Å²) in [5.41, 5.74) is 4.09. The van der Waals surface area contributed by atoms with Gasteiger partial charge in [-0.25, -0.2) is 0 Å². The fourth-order valence-corrected chi connectivity index (χ4v) is 2.89. The monoisotopic (exact) mass is 257 g/mol. The maximum Gasteiger partial charge on any atom is 0.0232 e. The van der Waals surface area contributed by atoms with E-state index in [9.17, 15) is 0 Å². The highest BCUT2D eigenvalue weighted by molar-refractivity contribution is 7.98. The van der Waals surface area contributed by atoms with E-state index in [1.807, 2.05) is 18.8 Å². The van der Waals surface area contributed by atoms with Crippen LogP contribution in [-0.4, -0.2) is 7.05 Å². The molecule has 0 aliphatic carbocycles. The average molecular weight is 257 g/mol. The van der Waals surface area contributed by atoms with Crippen molar-refractivity contribution >= 4 is 11.8 Å². The Morgan fingerprint density at radius 2 is 1.78 bits per heavy atom. The third-order valence-corrected chi connectivity index (χ3v) is 4.10. The minimum absolute atomic E-state index is 0.935. The molecule has 0 bridgehead atoms. The zero-order valence-electron chi connectivity index (χ0n) is 10.9. The Morgan fingerprint density at radius 1 is 1.00 bits per heavy atom. The molecule has 0 saturated carbocycles. The minimum Gasteiger partial charge on any atom is -0.316 e. The third-order valence-electron chi connectivity index (χ3n) is 2.86. The lowest BCUT2D eigenvalue weighted by atomic mass is 10.1. The largest absolute Gasteiger partial charge is 0.316 e. The number of rotatable bonds is 5. The zero-order chi connectivity index (χ0) is 12.8. The molecule has 2 aromatic rings. The summed E-state index contributed by atoms with van der Waals surface area (Å²) < 4.78 is 0. The maximum absolute atomic E-state index is 3.18. The number of thioether (sulfide) groups is 1. The second-order valence-corrected chi connectivity index (χ2v) is 5.42. The molecule has 0 spiro atoms. The van der Waals surface area contributed by atoms with Crippen molar-refractivity contribution in [2.24, 2.45) is 0 Å². The summed E-state index contributed by atoms with van der Waals surface area (Å²) in [4.78, 5) is 1.37. The van der Waals surface area contributed by atoms with Gasteiger partial charge in [0.15, 0.2) is 0 Å². The smallest absolute Gasteiger partial charge is 0.0232 e. The van der Waals surface area contributed by atoms with Gasteiger partial charge in [0.05, 0.1) is 0 Å². The Kier molecular flexibility index (Phi) is 4.85. The topological polar surface area (TPSA) is 12.0 Å². The maximum atomic E-state index is 3.18. The van der Waals surface area contributed by atoms with Gasteiger partial charge < -0.3 is 5.32 Å². The van der Waals surface area contributed by atoms with Crippen LogP contribution in [0.1, 0.15) is 16.7 Å². The van der Waals surface area contributed by atoms with Crippen molar-refractivity contribution in [2.45, 2.75) is 24.1 Å². The Hall–Kier alpha value is -1.25. The predicted molar refractivity (Wildman–Crippen MR) is 79.9 cm³/mol. The van der Waals surface area contributed by atoms with Crippen molar-refractivity contribution in [3.05, 3.63) is 65.2 Å². The minimum atomic E-state index is 0.935. The van der Waals surface area contributed by atoms with Crippen LogP contribution < -0.4 is 5.32 Å². The second kappa shape index (κ2) is 6.62. The van der Waals surface area contributed by atoms with Crippen LogP contribution in [0.2, 0.25) is 0 Å². The van der Waals surface area contributed by atoms with Gasteiger partial charge in [0.1, 0.15) is 0 Å². The summed E-state index contributed by atoms with van der Waals surface area (Å²) in [5, 5.41) is 3.18. The highest BCUT2D eigenvalue weighted by Gasteiger charge is 2.01. The van der Waals surface area contributed by atoms with E-state index < -0.39 is 0 Å². The number of nitrogens with one attached hydrogen (secondary N) is 1. The first kappa shape index (κ1) is 13.2. The molecule has 0 radical (unpaired) electrons. The molecule has 0 aliphatic rings. The van der Waals surface area contributed by atoms with Crippen LogP contribution in [0.5, 0.6) is 0 Å². The molecule has 94 valence electrons. The van der Waals surface area contributed by atoms with Crippen molar-refractivity contribution in [3.63, 3.8) is 0 Å². The Labute approximate surface area is 114 Å². The van der Waals surface area contributed by atoms with Crippen molar-refractivity contribution in [3.8, 4) is 0 Å². The normalized spacial score (nSPS) is 10.6. The summed E-state index contributed by atoms with van der Waals surface area (Å²) in [7, 11) is 1.98. The molecule has 0 unspecified atom stereocenters. The molecule has 1 N–H and O–H groups in total.